The molecule has 1 atom stereocenters. The second-order valence-electron chi connectivity index (χ2n) is 5.03. The van der Waals surface area contributed by atoms with E-state index in [4.69, 9.17) is 5.73 Å². The molecule has 20 heavy (non-hydrogen) atoms. The summed E-state index contributed by atoms with van der Waals surface area (Å²) in [5.41, 5.74) is 7.99. The van der Waals surface area contributed by atoms with Crippen molar-refractivity contribution in [1.82, 2.24) is 0 Å². The lowest BCUT2D eigenvalue weighted by molar-refractivity contribution is -0.117. The van der Waals surface area contributed by atoms with Crippen LogP contribution in [0.15, 0.2) is 24.3 Å². The molecule has 1 amide bonds. The molecule has 0 radical (unpaired) electrons. The molecule has 0 spiro atoms. The van der Waals surface area contributed by atoms with Crippen molar-refractivity contribution in [3.05, 3.63) is 29.8 Å². The third-order valence-electron chi connectivity index (χ3n) is 3.26. The Hall–Kier alpha value is -1.00. The molecule has 0 saturated heterocycles. The van der Waals surface area contributed by atoms with Gasteiger partial charge in [0.05, 0.1) is 6.04 Å². The quantitative estimate of drug-likeness (QED) is 0.686. The Kier molecular flexibility index (Phi) is 8.38. The van der Waals surface area contributed by atoms with Crippen LogP contribution in [0.1, 0.15) is 38.2 Å². The summed E-state index contributed by atoms with van der Waals surface area (Å²) >= 11 is 1.70. The molecule has 1 aromatic carbocycles. The number of amides is 1. The third-order valence-corrected chi connectivity index (χ3v) is 3.90. The number of unbranched alkanes of at least 4 members (excludes halogenated alkanes) is 2. The number of nitrogens with two attached hydrogens (primary N) is 1. The lowest BCUT2D eigenvalue weighted by atomic mass is 10.1. The molecule has 0 bridgehead atoms. The maximum absolute atomic E-state index is 11.9. The zero-order valence-electron chi connectivity index (χ0n) is 12.5. The van der Waals surface area contributed by atoms with Crippen LogP contribution in [0.2, 0.25) is 0 Å². The summed E-state index contributed by atoms with van der Waals surface area (Å²) in [6, 6.07) is 7.66. The summed E-state index contributed by atoms with van der Waals surface area (Å²) in [4.78, 5) is 11.9. The van der Waals surface area contributed by atoms with Gasteiger partial charge in [-0.25, -0.2) is 0 Å². The largest absolute Gasteiger partial charge is 0.325 e. The Bertz CT molecular complexity index is 392. The van der Waals surface area contributed by atoms with Gasteiger partial charge in [0, 0.05) is 5.69 Å². The van der Waals surface area contributed by atoms with Gasteiger partial charge in [0.1, 0.15) is 0 Å². The van der Waals surface area contributed by atoms with Gasteiger partial charge in [-0.2, -0.15) is 11.8 Å². The third kappa shape index (κ3) is 6.44. The summed E-state index contributed by atoms with van der Waals surface area (Å²) in [5, 5.41) is 2.87. The maximum Gasteiger partial charge on any atom is 0.241 e. The van der Waals surface area contributed by atoms with Gasteiger partial charge in [-0.05, 0) is 49.0 Å². The van der Waals surface area contributed by atoms with Crippen LogP contribution >= 0.6 is 11.8 Å². The van der Waals surface area contributed by atoms with E-state index in [0.29, 0.717) is 6.42 Å². The number of carbonyl (C=O) groups excluding carboxylic acids is 1. The summed E-state index contributed by atoms with van der Waals surface area (Å²) in [6.45, 7) is 2.21. The Morgan fingerprint density at radius 2 is 2.00 bits per heavy atom. The van der Waals surface area contributed by atoms with E-state index < -0.39 is 6.04 Å². The highest BCUT2D eigenvalue weighted by Gasteiger charge is 2.12. The average Bonchev–Trinajstić information content (AvgIpc) is 2.46. The fraction of sp³-hybridized carbons (Fsp3) is 0.562. The monoisotopic (exact) mass is 294 g/mol. The van der Waals surface area contributed by atoms with Crippen LogP contribution in [-0.2, 0) is 11.2 Å². The van der Waals surface area contributed by atoms with Crippen molar-refractivity contribution in [2.24, 2.45) is 5.73 Å². The van der Waals surface area contributed by atoms with Gasteiger partial charge in [-0.3, -0.25) is 4.79 Å². The highest BCUT2D eigenvalue weighted by molar-refractivity contribution is 7.98. The van der Waals surface area contributed by atoms with Gasteiger partial charge in [0.15, 0.2) is 0 Å². The van der Waals surface area contributed by atoms with Crippen molar-refractivity contribution >= 4 is 23.4 Å². The Balaban J connectivity index is 2.42. The zero-order chi connectivity index (χ0) is 14.8. The predicted molar refractivity (Wildman–Crippen MR) is 89.3 cm³/mol. The first kappa shape index (κ1) is 17.1. The molecule has 3 nitrogen and oxygen atoms in total. The van der Waals surface area contributed by atoms with Crippen molar-refractivity contribution in [3.8, 4) is 0 Å². The first-order valence-electron chi connectivity index (χ1n) is 7.31. The number of rotatable bonds is 9. The fourth-order valence-corrected chi connectivity index (χ4v) is 2.43. The van der Waals surface area contributed by atoms with Gasteiger partial charge in [-0.15, -0.1) is 0 Å². The summed E-state index contributed by atoms with van der Waals surface area (Å²) in [6.07, 6.45) is 7.56. The van der Waals surface area contributed by atoms with Crippen LogP contribution in [-0.4, -0.2) is 24.0 Å². The van der Waals surface area contributed by atoms with Crippen LogP contribution in [0, 0.1) is 0 Å². The summed E-state index contributed by atoms with van der Waals surface area (Å²) in [5.74, 6) is 0.808. The van der Waals surface area contributed by atoms with E-state index in [2.05, 4.69) is 24.4 Å². The van der Waals surface area contributed by atoms with Gasteiger partial charge < -0.3 is 11.1 Å². The molecule has 4 heteroatoms. The predicted octanol–water partition coefficient (Wildman–Crippen LogP) is 3.44. The number of thioether (sulfide) groups is 1. The number of hydrogen-bond donors (Lipinski definition) is 2. The molecule has 0 heterocycles. The smallest absolute Gasteiger partial charge is 0.241 e. The molecular formula is C16H26N2OS. The highest BCUT2D eigenvalue weighted by atomic mass is 32.2. The number of aryl methyl sites for hydroxylation is 1. The molecule has 0 fully saturated rings. The topological polar surface area (TPSA) is 55.1 Å². The second kappa shape index (κ2) is 9.83. The molecule has 3 N–H and O–H groups in total. The highest BCUT2D eigenvalue weighted by Crippen LogP contribution is 2.13. The number of carbonyl (C=O) groups is 1. The minimum atomic E-state index is -0.424. The Morgan fingerprint density at radius 3 is 2.60 bits per heavy atom. The lowest BCUT2D eigenvalue weighted by Gasteiger charge is -2.12. The molecule has 0 aliphatic carbocycles. The first-order chi connectivity index (χ1) is 9.67. The number of anilines is 1. The molecule has 1 rings (SSSR count). The van der Waals surface area contributed by atoms with Crippen LogP contribution in [0.4, 0.5) is 5.69 Å². The van der Waals surface area contributed by atoms with E-state index in [-0.39, 0.29) is 5.91 Å². The van der Waals surface area contributed by atoms with E-state index in [1.54, 1.807) is 11.8 Å². The van der Waals surface area contributed by atoms with E-state index in [1.165, 1.54) is 24.8 Å². The number of hydrogen-bond acceptors (Lipinski definition) is 3. The van der Waals surface area contributed by atoms with E-state index in [9.17, 15) is 4.79 Å². The number of benzene rings is 1. The van der Waals surface area contributed by atoms with E-state index in [1.807, 2.05) is 18.4 Å². The molecule has 112 valence electrons. The van der Waals surface area contributed by atoms with Gasteiger partial charge >= 0.3 is 0 Å². The van der Waals surface area contributed by atoms with Crippen LogP contribution in [0.3, 0.4) is 0 Å². The second-order valence-corrected chi connectivity index (χ2v) is 6.02. The maximum atomic E-state index is 11.9. The molecule has 0 aliphatic heterocycles. The van der Waals surface area contributed by atoms with E-state index in [0.717, 1.165) is 17.9 Å². The Labute approximate surface area is 126 Å². The van der Waals surface area contributed by atoms with Crippen molar-refractivity contribution in [2.45, 2.75) is 45.1 Å². The number of nitrogens with one attached hydrogen (secondary N) is 1. The van der Waals surface area contributed by atoms with Crippen molar-refractivity contribution in [1.29, 1.82) is 0 Å². The van der Waals surface area contributed by atoms with E-state index >= 15 is 0 Å². The minimum absolute atomic E-state index is 0.0993. The molecule has 0 aromatic heterocycles. The average molecular weight is 294 g/mol. The van der Waals surface area contributed by atoms with Crippen molar-refractivity contribution in [3.63, 3.8) is 0 Å². The van der Waals surface area contributed by atoms with Crippen LogP contribution in [0.5, 0.6) is 0 Å². The summed E-state index contributed by atoms with van der Waals surface area (Å²) < 4.78 is 0. The molecule has 0 aliphatic rings. The van der Waals surface area contributed by atoms with Gasteiger partial charge in [0.25, 0.3) is 0 Å². The minimum Gasteiger partial charge on any atom is -0.325 e. The van der Waals surface area contributed by atoms with Crippen LogP contribution in [0.25, 0.3) is 0 Å². The SMILES string of the molecule is CCCCCc1ccc(NC(=O)[C@H](N)CCSC)cc1. The van der Waals surface area contributed by atoms with Crippen LogP contribution < -0.4 is 11.1 Å². The zero-order valence-corrected chi connectivity index (χ0v) is 13.3. The molecular weight excluding hydrogens is 268 g/mol. The molecule has 0 unspecified atom stereocenters. The first-order valence-corrected chi connectivity index (χ1v) is 8.71. The Morgan fingerprint density at radius 1 is 1.30 bits per heavy atom. The molecule has 0 saturated carbocycles. The molecule has 1 aromatic rings. The van der Waals surface area contributed by atoms with Gasteiger partial charge in [0.2, 0.25) is 5.91 Å². The van der Waals surface area contributed by atoms with Gasteiger partial charge in [-0.1, -0.05) is 31.9 Å². The van der Waals surface area contributed by atoms with Crippen molar-refractivity contribution < 1.29 is 4.79 Å². The normalized spacial score (nSPS) is 12.2. The lowest BCUT2D eigenvalue weighted by Crippen LogP contribution is -2.36. The van der Waals surface area contributed by atoms with Crippen molar-refractivity contribution in [2.75, 3.05) is 17.3 Å². The fourth-order valence-electron chi connectivity index (χ4n) is 1.94. The summed E-state index contributed by atoms with van der Waals surface area (Å²) in [7, 11) is 0. The standard InChI is InChI=1S/C16H26N2OS/c1-3-4-5-6-13-7-9-14(10-8-13)18-16(19)15(17)11-12-20-2/h7-10,15H,3-6,11-12,17H2,1-2H3,(H,18,19)/t15-/m1/s1.